The lowest BCUT2D eigenvalue weighted by atomic mass is 10.3. The van der Waals surface area contributed by atoms with Crippen molar-refractivity contribution >= 4 is 11.9 Å². The lowest BCUT2D eigenvalue weighted by Crippen LogP contribution is -2.22. The maximum atomic E-state index is 4.40. The normalized spacial score (nSPS) is 10.5. The maximum Gasteiger partial charge on any atom is 0.258 e. The highest BCUT2D eigenvalue weighted by atomic mass is 15.4. The quantitative estimate of drug-likeness (QED) is 0.821. The molecule has 19 heavy (non-hydrogen) atoms. The molecule has 0 saturated carbocycles. The van der Waals surface area contributed by atoms with Crippen LogP contribution in [0.25, 0.3) is 5.95 Å². The first kappa shape index (κ1) is 13.2. The summed E-state index contributed by atoms with van der Waals surface area (Å²) in [5.74, 6) is 1.59. The standard InChI is InChI=1S/C11H18N8/c1-4-5-6-18(3)10-15-9(12-2)16-11(17-10)19-8-13-7-14-19/h7-8H,4-6H2,1-3H3,(H,12,15,16,17). The summed E-state index contributed by atoms with van der Waals surface area (Å²) in [5.41, 5.74) is 0. The fraction of sp³-hybridized carbons (Fsp3) is 0.545. The van der Waals surface area contributed by atoms with Gasteiger partial charge in [0.15, 0.2) is 0 Å². The molecule has 0 aliphatic rings. The maximum absolute atomic E-state index is 4.40. The van der Waals surface area contributed by atoms with Crippen molar-refractivity contribution in [3.05, 3.63) is 12.7 Å². The van der Waals surface area contributed by atoms with Crippen molar-refractivity contribution in [2.24, 2.45) is 0 Å². The van der Waals surface area contributed by atoms with Crippen molar-refractivity contribution in [1.82, 2.24) is 29.7 Å². The van der Waals surface area contributed by atoms with Gasteiger partial charge in [-0.05, 0) is 6.42 Å². The van der Waals surface area contributed by atoms with Crippen LogP contribution >= 0.6 is 0 Å². The lowest BCUT2D eigenvalue weighted by molar-refractivity contribution is 0.733. The van der Waals surface area contributed by atoms with E-state index in [1.807, 2.05) is 11.9 Å². The second-order valence-corrected chi connectivity index (χ2v) is 4.12. The molecule has 2 aromatic rings. The average Bonchev–Trinajstić information content (AvgIpc) is 2.98. The van der Waals surface area contributed by atoms with E-state index < -0.39 is 0 Å². The van der Waals surface area contributed by atoms with Crippen LogP contribution in [0.4, 0.5) is 11.9 Å². The Labute approximate surface area is 111 Å². The van der Waals surface area contributed by atoms with Crippen LogP contribution in [0.2, 0.25) is 0 Å². The third-order valence-electron chi connectivity index (χ3n) is 2.65. The number of hydrogen-bond acceptors (Lipinski definition) is 7. The molecule has 0 saturated heterocycles. The van der Waals surface area contributed by atoms with Crippen LogP contribution in [0.1, 0.15) is 19.8 Å². The molecule has 0 spiro atoms. The fourth-order valence-corrected chi connectivity index (χ4v) is 1.55. The van der Waals surface area contributed by atoms with Crippen LogP contribution in [0.5, 0.6) is 0 Å². The Balaban J connectivity index is 2.31. The zero-order valence-electron chi connectivity index (χ0n) is 11.4. The minimum absolute atomic E-state index is 0.454. The van der Waals surface area contributed by atoms with Crippen molar-refractivity contribution < 1.29 is 0 Å². The number of rotatable bonds is 6. The van der Waals surface area contributed by atoms with Crippen LogP contribution in [0, 0.1) is 0 Å². The Bertz CT molecular complexity index is 509. The molecule has 0 atom stereocenters. The van der Waals surface area contributed by atoms with E-state index in [0.717, 1.165) is 19.4 Å². The van der Waals surface area contributed by atoms with Gasteiger partial charge in [-0.3, -0.25) is 0 Å². The Hall–Kier alpha value is -2.25. The first-order chi connectivity index (χ1) is 9.24. The molecule has 1 N–H and O–H groups in total. The Kier molecular flexibility index (Phi) is 4.22. The van der Waals surface area contributed by atoms with E-state index in [1.165, 1.54) is 11.0 Å². The molecular formula is C11H18N8. The number of hydrogen-bond donors (Lipinski definition) is 1. The summed E-state index contributed by atoms with van der Waals surface area (Å²) >= 11 is 0. The van der Waals surface area contributed by atoms with E-state index in [4.69, 9.17) is 0 Å². The number of anilines is 2. The molecule has 2 aromatic heterocycles. The van der Waals surface area contributed by atoms with Crippen LogP contribution < -0.4 is 10.2 Å². The van der Waals surface area contributed by atoms with E-state index in [1.54, 1.807) is 13.4 Å². The highest BCUT2D eigenvalue weighted by Crippen LogP contribution is 2.11. The van der Waals surface area contributed by atoms with Gasteiger partial charge in [-0.1, -0.05) is 13.3 Å². The minimum atomic E-state index is 0.454. The topological polar surface area (TPSA) is 84.7 Å². The SMILES string of the molecule is CCCCN(C)c1nc(NC)nc(-n2cncn2)n1. The predicted molar refractivity (Wildman–Crippen MR) is 72.5 cm³/mol. The molecule has 0 aromatic carbocycles. The molecule has 0 bridgehead atoms. The fourth-order valence-electron chi connectivity index (χ4n) is 1.55. The van der Waals surface area contributed by atoms with E-state index in [2.05, 4.69) is 37.3 Å². The van der Waals surface area contributed by atoms with Crippen molar-refractivity contribution in [3.8, 4) is 5.95 Å². The molecular weight excluding hydrogens is 244 g/mol. The van der Waals surface area contributed by atoms with Gasteiger partial charge in [0.1, 0.15) is 12.7 Å². The number of nitrogens with one attached hydrogen (secondary N) is 1. The molecule has 102 valence electrons. The van der Waals surface area contributed by atoms with Gasteiger partial charge in [-0.25, -0.2) is 4.98 Å². The zero-order chi connectivity index (χ0) is 13.7. The third kappa shape index (κ3) is 3.15. The summed E-state index contributed by atoms with van der Waals surface area (Å²) in [7, 11) is 3.74. The van der Waals surface area contributed by atoms with Gasteiger partial charge in [0.2, 0.25) is 11.9 Å². The summed E-state index contributed by atoms with van der Waals surface area (Å²) in [4.78, 5) is 18.9. The number of unbranched alkanes of at least 4 members (excludes halogenated alkanes) is 1. The van der Waals surface area contributed by atoms with Crippen molar-refractivity contribution in [1.29, 1.82) is 0 Å². The molecule has 0 aliphatic carbocycles. The highest BCUT2D eigenvalue weighted by molar-refractivity contribution is 5.38. The van der Waals surface area contributed by atoms with E-state index in [9.17, 15) is 0 Å². The Morgan fingerprint density at radius 2 is 2.16 bits per heavy atom. The molecule has 0 amide bonds. The Morgan fingerprint density at radius 3 is 2.79 bits per heavy atom. The van der Waals surface area contributed by atoms with Gasteiger partial charge in [0.25, 0.3) is 5.95 Å². The molecule has 2 heterocycles. The first-order valence-corrected chi connectivity index (χ1v) is 6.24. The van der Waals surface area contributed by atoms with E-state index in [-0.39, 0.29) is 0 Å². The lowest BCUT2D eigenvalue weighted by Gasteiger charge is -2.17. The van der Waals surface area contributed by atoms with Gasteiger partial charge in [0, 0.05) is 20.6 Å². The smallest absolute Gasteiger partial charge is 0.258 e. The van der Waals surface area contributed by atoms with Crippen molar-refractivity contribution in [2.45, 2.75) is 19.8 Å². The first-order valence-electron chi connectivity index (χ1n) is 6.24. The molecule has 0 fully saturated rings. The summed E-state index contributed by atoms with van der Waals surface area (Å²) in [6.07, 6.45) is 5.23. The second-order valence-electron chi connectivity index (χ2n) is 4.12. The largest absolute Gasteiger partial charge is 0.357 e. The molecule has 0 unspecified atom stereocenters. The van der Waals surface area contributed by atoms with Gasteiger partial charge >= 0.3 is 0 Å². The van der Waals surface area contributed by atoms with Crippen molar-refractivity contribution in [3.63, 3.8) is 0 Å². The monoisotopic (exact) mass is 262 g/mol. The Morgan fingerprint density at radius 1 is 1.32 bits per heavy atom. The molecule has 8 heteroatoms. The van der Waals surface area contributed by atoms with Gasteiger partial charge in [-0.15, -0.1) is 0 Å². The summed E-state index contributed by atoms with van der Waals surface area (Å²) in [6.45, 7) is 3.06. The molecule has 8 nitrogen and oxygen atoms in total. The molecule has 0 aliphatic heterocycles. The zero-order valence-corrected chi connectivity index (χ0v) is 11.4. The van der Waals surface area contributed by atoms with Crippen molar-refractivity contribution in [2.75, 3.05) is 30.9 Å². The molecule has 2 rings (SSSR count). The number of nitrogens with zero attached hydrogens (tertiary/aromatic N) is 7. The van der Waals surface area contributed by atoms with Gasteiger partial charge in [0.05, 0.1) is 0 Å². The van der Waals surface area contributed by atoms with Gasteiger partial charge < -0.3 is 10.2 Å². The summed E-state index contributed by atoms with van der Waals surface area (Å²) in [6, 6.07) is 0. The van der Waals surface area contributed by atoms with Crippen LogP contribution in [0.15, 0.2) is 12.7 Å². The van der Waals surface area contributed by atoms with Crippen LogP contribution in [0.3, 0.4) is 0 Å². The summed E-state index contributed by atoms with van der Waals surface area (Å²) in [5, 5.41) is 6.96. The van der Waals surface area contributed by atoms with Gasteiger partial charge in [-0.2, -0.15) is 24.7 Å². The second kappa shape index (κ2) is 6.07. The summed E-state index contributed by atoms with van der Waals surface area (Å²) < 4.78 is 1.51. The average molecular weight is 262 g/mol. The highest BCUT2D eigenvalue weighted by Gasteiger charge is 2.11. The third-order valence-corrected chi connectivity index (χ3v) is 2.65. The van der Waals surface area contributed by atoms with Crippen LogP contribution in [-0.2, 0) is 0 Å². The minimum Gasteiger partial charge on any atom is -0.357 e. The number of aromatic nitrogens is 6. The van der Waals surface area contributed by atoms with E-state index >= 15 is 0 Å². The predicted octanol–water partition coefficient (Wildman–Crippen LogP) is 0.730. The molecule has 0 radical (unpaired) electrons. The van der Waals surface area contributed by atoms with E-state index in [0.29, 0.717) is 17.8 Å². The van der Waals surface area contributed by atoms with Crippen LogP contribution in [-0.4, -0.2) is 50.4 Å².